The summed E-state index contributed by atoms with van der Waals surface area (Å²) >= 11 is 0. The monoisotopic (exact) mass is 278 g/mol. The Labute approximate surface area is 124 Å². The van der Waals surface area contributed by atoms with Gasteiger partial charge in [0.05, 0.1) is 0 Å². The van der Waals surface area contributed by atoms with Gasteiger partial charge in [-0.2, -0.15) is 0 Å². The fourth-order valence-corrected chi connectivity index (χ4v) is 1.82. The molecule has 114 valence electrons. The average molecular weight is 278 g/mol. The van der Waals surface area contributed by atoms with Crippen LogP contribution in [0.1, 0.15) is 66.7 Å². The Morgan fingerprint density at radius 2 is 1.85 bits per heavy atom. The number of carbonyl (C=O) groups excluding carboxylic acids is 1. The van der Waals surface area contributed by atoms with Crippen molar-refractivity contribution in [1.29, 1.82) is 0 Å². The lowest BCUT2D eigenvalue weighted by molar-refractivity contribution is -0.153. The Morgan fingerprint density at radius 1 is 1.20 bits per heavy atom. The molecule has 0 aliphatic heterocycles. The summed E-state index contributed by atoms with van der Waals surface area (Å²) in [7, 11) is 0. The summed E-state index contributed by atoms with van der Waals surface area (Å²) in [5, 5.41) is 0. The SMILES string of the molecule is C=CC(C)(CC/C=C(/C)CCC=C(C)C)OC(=O)CC. The van der Waals surface area contributed by atoms with Gasteiger partial charge in [-0.15, -0.1) is 0 Å². The Kier molecular flexibility index (Phi) is 8.94. The van der Waals surface area contributed by atoms with E-state index in [2.05, 4.69) is 39.5 Å². The van der Waals surface area contributed by atoms with Crippen molar-refractivity contribution in [3.8, 4) is 0 Å². The summed E-state index contributed by atoms with van der Waals surface area (Å²) in [6.07, 6.45) is 10.5. The molecule has 0 rings (SSSR count). The molecular weight excluding hydrogens is 248 g/mol. The molecule has 0 bridgehead atoms. The lowest BCUT2D eigenvalue weighted by Crippen LogP contribution is -2.28. The minimum absolute atomic E-state index is 0.170. The fraction of sp³-hybridized carbons (Fsp3) is 0.611. The third kappa shape index (κ3) is 8.73. The van der Waals surface area contributed by atoms with Gasteiger partial charge in [-0.05, 0) is 59.5 Å². The first-order chi connectivity index (χ1) is 9.33. The molecule has 0 heterocycles. The second-order valence-electron chi connectivity index (χ2n) is 5.75. The highest BCUT2D eigenvalue weighted by molar-refractivity contribution is 5.69. The van der Waals surface area contributed by atoms with Crippen LogP contribution < -0.4 is 0 Å². The highest BCUT2D eigenvalue weighted by atomic mass is 16.6. The van der Waals surface area contributed by atoms with Crippen LogP contribution in [0, 0.1) is 0 Å². The summed E-state index contributed by atoms with van der Waals surface area (Å²) in [5.41, 5.74) is 2.20. The highest BCUT2D eigenvalue weighted by Crippen LogP contribution is 2.21. The molecule has 0 saturated carbocycles. The zero-order chi connectivity index (χ0) is 15.6. The summed E-state index contributed by atoms with van der Waals surface area (Å²) in [5.74, 6) is -0.170. The van der Waals surface area contributed by atoms with E-state index in [9.17, 15) is 4.79 Å². The quantitative estimate of drug-likeness (QED) is 0.419. The number of allylic oxidation sites excluding steroid dienone is 4. The van der Waals surface area contributed by atoms with Crippen molar-refractivity contribution in [3.63, 3.8) is 0 Å². The fourth-order valence-electron chi connectivity index (χ4n) is 1.82. The standard InChI is InChI=1S/C18H30O2/c1-7-17(19)20-18(6,8-2)14-10-13-16(5)12-9-11-15(3)4/h8,11,13H,2,7,9-10,12,14H2,1,3-6H3/b16-13-. The number of hydrogen-bond donors (Lipinski definition) is 0. The van der Waals surface area contributed by atoms with E-state index < -0.39 is 5.60 Å². The van der Waals surface area contributed by atoms with E-state index >= 15 is 0 Å². The van der Waals surface area contributed by atoms with Crippen LogP contribution in [-0.2, 0) is 9.53 Å². The van der Waals surface area contributed by atoms with E-state index in [1.54, 1.807) is 13.0 Å². The molecule has 20 heavy (non-hydrogen) atoms. The van der Waals surface area contributed by atoms with E-state index in [4.69, 9.17) is 4.74 Å². The molecule has 0 amide bonds. The largest absolute Gasteiger partial charge is 0.455 e. The molecule has 0 aromatic heterocycles. The van der Waals surface area contributed by atoms with E-state index in [0.717, 1.165) is 25.7 Å². The molecular formula is C18H30O2. The van der Waals surface area contributed by atoms with Gasteiger partial charge in [-0.25, -0.2) is 0 Å². The van der Waals surface area contributed by atoms with Crippen LogP contribution in [0.5, 0.6) is 0 Å². The van der Waals surface area contributed by atoms with Crippen LogP contribution in [0.2, 0.25) is 0 Å². The number of esters is 1. The third-order valence-corrected chi connectivity index (χ3v) is 3.29. The Balaban J connectivity index is 4.26. The topological polar surface area (TPSA) is 26.3 Å². The molecule has 0 aliphatic carbocycles. The van der Waals surface area contributed by atoms with Crippen LogP contribution in [0.25, 0.3) is 0 Å². The van der Waals surface area contributed by atoms with Crippen molar-refractivity contribution >= 4 is 5.97 Å². The lowest BCUT2D eigenvalue weighted by Gasteiger charge is -2.25. The summed E-state index contributed by atoms with van der Waals surface area (Å²) < 4.78 is 5.43. The maximum atomic E-state index is 11.4. The molecule has 1 atom stereocenters. The number of carbonyl (C=O) groups is 1. The van der Waals surface area contributed by atoms with Crippen LogP contribution in [0.4, 0.5) is 0 Å². The Morgan fingerprint density at radius 3 is 2.35 bits per heavy atom. The highest BCUT2D eigenvalue weighted by Gasteiger charge is 2.23. The zero-order valence-corrected chi connectivity index (χ0v) is 13.8. The van der Waals surface area contributed by atoms with E-state index in [1.165, 1.54) is 11.1 Å². The van der Waals surface area contributed by atoms with Crippen molar-refractivity contribution in [2.24, 2.45) is 0 Å². The van der Waals surface area contributed by atoms with Gasteiger partial charge >= 0.3 is 5.97 Å². The van der Waals surface area contributed by atoms with Crippen LogP contribution in [0.15, 0.2) is 36.0 Å². The summed E-state index contributed by atoms with van der Waals surface area (Å²) in [4.78, 5) is 11.4. The number of ether oxygens (including phenoxy) is 1. The maximum Gasteiger partial charge on any atom is 0.306 e. The molecule has 1 unspecified atom stereocenters. The smallest absolute Gasteiger partial charge is 0.306 e. The molecule has 0 aromatic rings. The van der Waals surface area contributed by atoms with Gasteiger partial charge in [0, 0.05) is 6.42 Å². The van der Waals surface area contributed by atoms with E-state index in [1.807, 2.05) is 6.92 Å². The van der Waals surface area contributed by atoms with Gasteiger partial charge in [-0.3, -0.25) is 4.79 Å². The second kappa shape index (κ2) is 9.57. The zero-order valence-electron chi connectivity index (χ0n) is 13.8. The molecule has 0 saturated heterocycles. The van der Waals surface area contributed by atoms with E-state index in [0.29, 0.717) is 6.42 Å². The maximum absolute atomic E-state index is 11.4. The summed E-state index contributed by atoms with van der Waals surface area (Å²) in [6, 6.07) is 0. The third-order valence-electron chi connectivity index (χ3n) is 3.29. The molecule has 0 radical (unpaired) electrons. The first-order valence-electron chi connectivity index (χ1n) is 7.47. The second-order valence-corrected chi connectivity index (χ2v) is 5.75. The Bertz CT molecular complexity index is 373. The molecule has 0 fully saturated rings. The number of rotatable bonds is 9. The normalized spacial score (nSPS) is 14.3. The van der Waals surface area contributed by atoms with Crippen molar-refractivity contribution in [3.05, 3.63) is 36.0 Å². The molecule has 2 heteroatoms. The van der Waals surface area contributed by atoms with Crippen LogP contribution >= 0.6 is 0 Å². The van der Waals surface area contributed by atoms with Gasteiger partial charge < -0.3 is 4.74 Å². The van der Waals surface area contributed by atoms with Crippen molar-refractivity contribution in [2.45, 2.75) is 72.3 Å². The van der Waals surface area contributed by atoms with Gasteiger partial charge in [0.2, 0.25) is 0 Å². The molecule has 2 nitrogen and oxygen atoms in total. The summed E-state index contributed by atoms with van der Waals surface area (Å²) in [6.45, 7) is 13.9. The van der Waals surface area contributed by atoms with Crippen molar-refractivity contribution in [1.82, 2.24) is 0 Å². The van der Waals surface area contributed by atoms with Gasteiger partial charge in [0.15, 0.2) is 0 Å². The Hall–Kier alpha value is -1.31. The molecule has 0 aliphatic rings. The lowest BCUT2D eigenvalue weighted by atomic mass is 9.98. The predicted octanol–water partition coefficient (Wildman–Crippen LogP) is 5.36. The number of hydrogen-bond acceptors (Lipinski definition) is 2. The first kappa shape index (κ1) is 18.7. The average Bonchev–Trinajstić information content (AvgIpc) is 2.38. The molecule has 0 N–H and O–H groups in total. The predicted molar refractivity (Wildman–Crippen MR) is 86.6 cm³/mol. The van der Waals surface area contributed by atoms with Crippen LogP contribution in [0.3, 0.4) is 0 Å². The first-order valence-corrected chi connectivity index (χ1v) is 7.47. The molecule has 0 spiro atoms. The minimum Gasteiger partial charge on any atom is -0.455 e. The van der Waals surface area contributed by atoms with Crippen molar-refractivity contribution in [2.75, 3.05) is 0 Å². The minimum atomic E-state index is -0.552. The van der Waals surface area contributed by atoms with Gasteiger partial charge in [-0.1, -0.05) is 36.8 Å². The van der Waals surface area contributed by atoms with Gasteiger partial charge in [0.25, 0.3) is 0 Å². The molecule has 0 aromatic carbocycles. The van der Waals surface area contributed by atoms with Gasteiger partial charge in [0.1, 0.15) is 5.60 Å². The van der Waals surface area contributed by atoms with E-state index in [-0.39, 0.29) is 5.97 Å². The van der Waals surface area contributed by atoms with Crippen molar-refractivity contribution < 1.29 is 9.53 Å². The van der Waals surface area contributed by atoms with Crippen LogP contribution in [-0.4, -0.2) is 11.6 Å².